The van der Waals surface area contributed by atoms with Crippen LogP contribution in [0.1, 0.15) is 31.5 Å². The molecule has 0 unspecified atom stereocenters. The molecule has 1 aromatic heterocycles. The maximum absolute atomic E-state index is 12.4. The van der Waals surface area contributed by atoms with Crippen LogP contribution in [-0.2, 0) is 11.3 Å². The molecule has 2 rings (SSSR count). The van der Waals surface area contributed by atoms with Crippen molar-refractivity contribution in [1.82, 2.24) is 30.0 Å². The van der Waals surface area contributed by atoms with Gasteiger partial charge in [0.05, 0.1) is 6.54 Å². The highest BCUT2D eigenvalue weighted by atomic mass is 16.2. The number of aromatic nitrogens is 4. The van der Waals surface area contributed by atoms with Crippen LogP contribution in [0.15, 0.2) is 0 Å². The molecule has 1 aliphatic heterocycles. The Kier molecular flexibility index (Phi) is 5.05. The van der Waals surface area contributed by atoms with Crippen molar-refractivity contribution in [2.45, 2.75) is 45.2 Å². The fourth-order valence-electron chi connectivity index (χ4n) is 2.58. The van der Waals surface area contributed by atoms with Gasteiger partial charge in [0, 0.05) is 25.6 Å². The van der Waals surface area contributed by atoms with E-state index >= 15 is 0 Å². The fraction of sp³-hybridized carbons (Fsp3) is 0.846. The average Bonchev–Trinajstić information content (AvgIpc) is 2.67. The lowest BCUT2D eigenvalue weighted by molar-refractivity contribution is -0.132. The maximum atomic E-state index is 12.4. The van der Waals surface area contributed by atoms with Crippen LogP contribution in [0.25, 0.3) is 0 Å². The van der Waals surface area contributed by atoms with E-state index in [2.05, 4.69) is 34.5 Å². The van der Waals surface area contributed by atoms with Crippen LogP contribution in [0, 0.1) is 6.92 Å². The minimum atomic E-state index is 0.202. The Balaban J connectivity index is 1.89. The van der Waals surface area contributed by atoms with Gasteiger partial charge in [-0.2, -0.15) is 0 Å². The van der Waals surface area contributed by atoms with Crippen LogP contribution in [0.4, 0.5) is 0 Å². The van der Waals surface area contributed by atoms with Gasteiger partial charge in [0.1, 0.15) is 5.82 Å². The molecule has 0 radical (unpaired) electrons. The number of likely N-dealkylation sites (N-methyl/N-ethyl adjacent to an activating group) is 1. The Morgan fingerprint density at radius 1 is 1.40 bits per heavy atom. The number of hydrogen-bond donors (Lipinski definition) is 0. The van der Waals surface area contributed by atoms with Gasteiger partial charge in [0.25, 0.3) is 0 Å². The molecule has 1 fully saturated rings. The normalized spacial score (nSPS) is 20.2. The minimum absolute atomic E-state index is 0.202. The van der Waals surface area contributed by atoms with Crippen molar-refractivity contribution in [3.05, 3.63) is 5.82 Å². The molecule has 20 heavy (non-hydrogen) atoms. The van der Waals surface area contributed by atoms with Gasteiger partial charge in [-0.1, -0.05) is 6.42 Å². The van der Waals surface area contributed by atoms with E-state index in [1.807, 2.05) is 11.8 Å². The van der Waals surface area contributed by atoms with Crippen LogP contribution in [0.5, 0.6) is 0 Å². The van der Waals surface area contributed by atoms with Crippen molar-refractivity contribution in [1.29, 1.82) is 0 Å². The first-order valence-corrected chi connectivity index (χ1v) is 7.25. The van der Waals surface area contributed by atoms with Crippen LogP contribution in [-0.4, -0.2) is 69.1 Å². The molecule has 112 valence electrons. The summed E-state index contributed by atoms with van der Waals surface area (Å²) in [6.07, 6.45) is 3.92. The van der Waals surface area contributed by atoms with Gasteiger partial charge in [-0.05, 0) is 44.3 Å². The second-order valence-electron chi connectivity index (χ2n) is 5.65. The Labute approximate surface area is 119 Å². The smallest absolute Gasteiger partial charge is 0.224 e. The van der Waals surface area contributed by atoms with Crippen molar-refractivity contribution >= 4 is 5.91 Å². The van der Waals surface area contributed by atoms with E-state index in [0.29, 0.717) is 19.0 Å². The van der Waals surface area contributed by atoms with Gasteiger partial charge in [-0.15, -0.1) is 5.10 Å². The first kappa shape index (κ1) is 14.9. The van der Waals surface area contributed by atoms with Gasteiger partial charge >= 0.3 is 0 Å². The molecule has 1 atom stereocenters. The molecule has 0 spiro atoms. The van der Waals surface area contributed by atoms with Crippen LogP contribution < -0.4 is 0 Å². The van der Waals surface area contributed by atoms with E-state index < -0.39 is 0 Å². The molecule has 7 nitrogen and oxygen atoms in total. The zero-order chi connectivity index (χ0) is 14.5. The first-order valence-electron chi connectivity index (χ1n) is 7.25. The van der Waals surface area contributed by atoms with Gasteiger partial charge in [-0.3, -0.25) is 4.79 Å². The number of hydrogen-bond acceptors (Lipinski definition) is 5. The summed E-state index contributed by atoms with van der Waals surface area (Å²) in [5, 5.41) is 11.3. The Morgan fingerprint density at radius 3 is 2.85 bits per heavy atom. The summed E-state index contributed by atoms with van der Waals surface area (Å²) in [6, 6.07) is 0.469. The van der Waals surface area contributed by atoms with E-state index in [0.717, 1.165) is 25.3 Å². The van der Waals surface area contributed by atoms with Gasteiger partial charge in [-0.25, -0.2) is 4.68 Å². The van der Waals surface area contributed by atoms with Crippen molar-refractivity contribution in [3.8, 4) is 0 Å². The van der Waals surface area contributed by atoms with Crippen molar-refractivity contribution in [2.24, 2.45) is 0 Å². The topological polar surface area (TPSA) is 67.2 Å². The van der Waals surface area contributed by atoms with Crippen molar-refractivity contribution in [2.75, 3.05) is 27.2 Å². The zero-order valence-electron chi connectivity index (χ0n) is 12.6. The molecule has 2 heterocycles. The van der Waals surface area contributed by atoms with Crippen LogP contribution in [0.3, 0.4) is 0 Å². The molecule has 0 saturated carbocycles. The SMILES string of the molecule is Cc1nnnn1CCC(=O)N1CCCC[C@H](N(C)C)C1. The highest BCUT2D eigenvalue weighted by molar-refractivity contribution is 5.76. The lowest BCUT2D eigenvalue weighted by Crippen LogP contribution is -2.42. The van der Waals surface area contributed by atoms with E-state index in [4.69, 9.17) is 0 Å². The number of tetrazole rings is 1. The fourth-order valence-corrected chi connectivity index (χ4v) is 2.58. The van der Waals surface area contributed by atoms with Gasteiger partial charge in [0.2, 0.25) is 5.91 Å². The van der Waals surface area contributed by atoms with E-state index in [9.17, 15) is 4.79 Å². The summed E-state index contributed by atoms with van der Waals surface area (Å²) < 4.78 is 1.68. The average molecular weight is 280 g/mol. The van der Waals surface area contributed by atoms with E-state index in [1.54, 1.807) is 4.68 Å². The second kappa shape index (κ2) is 6.78. The molecular formula is C13H24N6O. The predicted molar refractivity (Wildman–Crippen MR) is 75.1 cm³/mol. The third kappa shape index (κ3) is 3.75. The molecule has 0 N–H and O–H groups in total. The number of rotatable bonds is 4. The molecule has 7 heteroatoms. The third-order valence-electron chi connectivity index (χ3n) is 3.98. The summed E-state index contributed by atoms with van der Waals surface area (Å²) in [5.74, 6) is 0.952. The van der Waals surface area contributed by atoms with Gasteiger partial charge < -0.3 is 9.80 Å². The van der Waals surface area contributed by atoms with Crippen molar-refractivity contribution < 1.29 is 4.79 Å². The molecule has 1 aromatic rings. The summed E-state index contributed by atoms with van der Waals surface area (Å²) >= 11 is 0. The molecular weight excluding hydrogens is 256 g/mol. The monoisotopic (exact) mass is 280 g/mol. The quantitative estimate of drug-likeness (QED) is 0.794. The standard InChI is InChI=1S/C13H24N6O/c1-11-14-15-16-19(11)9-7-13(20)18-8-5-4-6-12(10-18)17(2)3/h12H,4-10H2,1-3H3/t12-/m0/s1. The number of carbonyl (C=O) groups is 1. The lowest BCUT2D eigenvalue weighted by atomic mass is 10.1. The molecule has 1 aliphatic rings. The highest BCUT2D eigenvalue weighted by Gasteiger charge is 2.23. The third-order valence-corrected chi connectivity index (χ3v) is 3.98. The first-order chi connectivity index (χ1) is 9.58. The Bertz CT molecular complexity index is 444. The predicted octanol–water partition coefficient (Wildman–Crippen LogP) is 0.314. The minimum Gasteiger partial charge on any atom is -0.341 e. The molecule has 0 aromatic carbocycles. The largest absolute Gasteiger partial charge is 0.341 e. The lowest BCUT2D eigenvalue weighted by Gasteiger charge is -2.28. The van der Waals surface area contributed by atoms with Gasteiger partial charge in [0.15, 0.2) is 0 Å². The summed E-state index contributed by atoms with van der Waals surface area (Å²) in [7, 11) is 4.17. The number of amides is 1. The molecule has 1 amide bonds. The number of carbonyl (C=O) groups excluding carboxylic acids is 1. The second-order valence-corrected chi connectivity index (χ2v) is 5.65. The number of nitrogens with zero attached hydrogens (tertiary/aromatic N) is 6. The molecule has 0 bridgehead atoms. The summed E-state index contributed by atoms with van der Waals surface area (Å²) in [6.45, 7) is 4.11. The molecule has 0 aliphatic carbocycles. The molecule has 1 saturated heterocycles. The highest BCUT2D eigenvalue weighted by Crippen LogP contribution is 2.15. The summed E-state index contributed by atoms with van der Waals surface area (Å²) in [5.41, 5.74) is 0. The maximum Gasteiger partial charge on any atom is 0.224 e. The Morgan fingerprint density at radius 2 is 2.20 bits per heavy atom. The van der Waals surface area contributed by atoms with Crippen LogP contribution >= 0.6 is 0 Å². The van der Waals surface area contributed by atoms with Crippen molar-refractivity contribution in [3.63, 3.8) is 0 Å². The zero-order valence-corrected chi connectivity index (χ0v) is 12.6. The van der Waals surface area contributed by atoms with E-state index in [1.165, 1.54) is 12.8 Å². The number of likely N-dealkylation sites (tertiary alicyclic amines) is 1. The summed E-state index contributed by atoms with van der Waals surface area (Å²) in [4.78, 5) is 16.6. The number of aryl methyl sites for hydroxylation is 2. The van der Waals surface area contributed by atoms with E-state index in [-0.39, 0.29) is 5.91 Å². The van der Waals surface area contributed by atoms with Crippen LogP contribution in [0.2, 0.25) is 0 Å². The Hall–Kier alpha value is -1.50.